The van der Waals surface area contributed by atoms with E-state index in [-0.39, 0.29) is 0 Å². The van der Waals surface area contributed by atoms with Gasteiger partial charge in [0.05, 0.1) is 29.7 Å². The number of ether oxygens (including phenoxy) is 6. The molecule has 0 amide bonds. The monoisotopic (exact) mass is 831 g/mol. The molecule has 0 aliphatic heterocycles. The lowest BCUT2D eigenvalue weighted by atomic mass is 10.3. The van der Waals surface area contributed by atoms with Crippen molar-refractivity contribution in [2.45, 2.75) is 70.8 Å². The maximum atomic E-state index is 12.6. The Morgan fingerprint density at radius 1 is 0.537 bits per heavy atom. The van der Waals surface area contributed by atoms with Gasteiger partial charge in [-0.3, -0.25) is 0 Å². The van der Waals surface area contributed by atoms with Gasteiger partial charge in [0.1, 0.15) is 17.2 Å². The summed E-state index contributed by atoms with van der Waals surface area (Å²) in [5.41, 5.74) is 0. The second kappa shape index (κ2) is 18.7. The second-order valence-corrected chi connectivity index (χ2v) is 15.6. The Bertz CT molecular complexity index is 1730. The van der Waals surface area contributed by atoms with Crippen LogP contribution in [0, 0.1) is 0 Å². The van der Waals surface area contributed by atoms with Crippen LogP contribution in [0.2, 0.25) is 0 Å². The van der Waals surface area contributed by atoms with Gasteiger partial charge < -0.3 is 28.4 Å². The predicted octanol–water partition coefficient (Wildman–Crippen LogP) is 6.82. The van der Waals surface area contributed by atoms with Crippen LogP contribution in [0.4, 0.5) is 26.3 Å². The van der Waals surface area contributed by atoms with Crippen molar-refractivity contribution in [1.29, 1.82) is 0 Å². The molecule has 0 bridgehead atoms. The average molecular weight is 832 g/mol. The van der Waals surface area contributed by atoms with Crippen LogP contribution in [-0.2, 0) is 45.2 Å². The molecule has 3 rings (SSSR count). The summed E-state index contributed by atoms with van der Waals surface area (Å²) in [4.78, 5) is 3.37. The van der Waals surface area contributed by atoms with E-state index >= 15 is 0 Å². The zero-order chi connectivity index (χ0) is 41.1. The van der Waals surface area contributed by atoms with Gasteiger partial charge in [-0.25, -0.2) is 27.1 Å². The molecule has 0 aliphatic carbocycles. The number of halogens is 6. The van der Waals surface area contributed by atoms with Crippen LogP contribution < -0.4 is 24.5 Å². The van der Waals surface area contributed by atoms with Gasteiger partial charge in [-0.15, -0.1) is 0 Å². The number of benzene rings is 3. The number of primary sulfonamides is 2. The van der Waals surface area contributed by atoms with Crippen molar-refractivity contribution in [1.82, 2.24) is 0 Å². The van der Waals surface area contributed by atoms with Crippen molar-refractivity contribution >= 4 is 30.9 Å². The number of alkyl halides is 6. The minimum atomic E-state index is -6.83. The summed E-state index contributed by atoms with van der Waals surface area (Å²) in [5.74, 6) is -4.70. The van der Waals surface area contributed by atoms with Crippen molar-refractivity contribution < 1.29 is 71.6 Å². The molecule has 0 radical (unpaired) electrons. The maximum Gasteiger partial charge on any atom is 0.427 e. The van der Waals surface area contributed by atoms with Gasteiger partial charge in [-0.05, 0) is 72.8 Å². The first-order chi connectivity index (χ1) is 24.9. The van der Waals surface area contributed by atoms with Gasteiger partial charge in [-0.1, -0.05) is 19.7 Å². The number of sulfonamides is 2. The van der Waals surface area contributed by atoms with Crippen molar-refractivity contribution in [3.63, 3.8) is 0 Å². The van der Waals surface area contributed by atoms with E-state index in [9.17, 15) is 43.2 Å². The normalized spacial score (nSPS) is 14.4. The van der Waals surface area contributed by atoms with Gasteiger partial charge in [0, 0.05) is 20.8 Å². The molecule has 3 aromatic carbocycles. The molecular formula is C33H37F6N2O10S3+. The largest absolute Gasteiger partial charge is 0.463 e. The van der Waals surface area contributed by atoms with Crippen molar-refractivity contribution in [2.75, 3.05) is 0 Å². The molecule has 4 N–H and O–H groups in total. The van der Waals surface area contributed by atoms with Gasteiger partial charge in [0.15, 0.2) is 14.7 Å². The highest BCUT2D eigenvalue weighted by atomic mass is 32.2. The van der Waals surface area contributed by atoms with Crippen LogP contribution in [0.5, 0.6) is 17.2 Å². The Hall–Kier alpha value is -4.57. The van der Waals surface area contributed by atoms with E-state index < -0.39 is 66.2 Å². The highest BCUT2D eigenvalue weighted by Crippen LogP contribution is 2.49. The van der Waals surface area contributed by atoms with E-state index in [1.54, 1.807) is 0 Å². The summed E-state index contributed by atoms with van der Waals surface area (Å²) in [6, 6.07) is 24.0. The molecule has 0 saturated carbocycles. The summed E-state index contributed by atoms with van der Waals surface area (Å²) in [6.45, 7) is 16.1. The smallest absolute Gasteiger partial charge is 0.427 e. The fraction of sp³-hybridized carbons (Fsp3) is 0.273. The summed E-state index contributed by atoms with van der Waals surface area (Å²) >= 11 is 0. The number of hydrogen-bond donors (Lipinski definition) is 2. The minimum Gasteiger partial charge on any atom is -0.463 e. The molecule has 0 spiro atoms. The first-order valence-electron chi connectivity index (χ1n) is 14.9. The Kier molecular flexibility index (Phi) is 15.7. The SMILES string of the molecule is C=COC(C)Oc1ccc([S+](c2ccc(OC(C)OC=C)cc2)c2ccc(OC(C)OC=C)cc2)cc1.NS(=O)(=O)C(F)(F)C(F)(F)C(F)(F)S(N)(=O)=O. The van der Waals surface area contributed by atoms with Gasteiger partial charge in [0.2, 0.25) is 18.9 Å². The highest BCUT2D eigenvalue weighted by Gasteiger charge is 2.81. The average Bonchev–Trinajstić information content (AvgIpc) is 3.06. The van der Waals surface area contributed by atoms with Gasteiger partial charge in [0.25, 0.3) is 20.0 Å². The van der Waals surface area contributed by atoms with Crippen LogP contribution in [0.1, 0.15) is 20.8 Å². The zero-order valence-corrected chi connectivity index (χ0v) is 31.2. The van der Waals surface area contributed by atoms with Crippen molar-refractivity contribution in [3.05, 3.63) is 111 Å². The van der Waals surface area contributed by atoms with Gasteiger partial charge >= 0.3 is 16.4 Å². The molecule has 0 saturated heterocycles. The lowest BCUT2D eigenvalue weighted by molar-refractivity contribution is -0.243. The number of hydrogen-bond acceptors (Lipinski definition) is 10. The molecule has 0 aromatic heterocycles. The fourth-order valence-corrected chi connectivity index (χ4v) is 7.04. The van der Waals surface area contributed by atoms with Gasteiger partial charge in [-0.2, -0.15) is 26.3 Å². The third-order valence-corrected chi connectivity index (χ3v) is 10.6. The first-order valence-corrected chi connectivity index (χ1v) is 19.3. The molecule has 21 heteroatoms. The highest BCUT2D eigenvalue weighted by molar-refractivity contribution is 7.97. The molecule has 0 heterocycles. The third kappa shape index (κ3) is 11.5. The van der Waals surface area contributed by atoms with E-state index in [2.05, 4.69) is 66.4 Å². The summed E-state index contributed by atoms with van der Waals surface area (Å²) in [5, 5.41) is -5.81. The Morgan fingerprint density at radius 3 is 0.944 bits per heavy atom. The summed E-state index contributed by atoms with van der Waals surface area (Å²) in [6.07, 6.45) is 2.81. The fourth-order valence-electron chi connectivity index (χ4n) is 3.96. The molecule has 54 heavy (non-hydrogen) atoms. The Balaban J connectivity index is 0.000000500. The topological polar surface area (TPSA) is 176 Å². The maximum absolute atomic E-state index is 12.6. The van der Waals surface area contributed by atoms with Crippen LogP contribution in [-0.4, -0.2) is 52.1 Å². The molecule has 3 atom stereocenters. The van der Waals surface area contributed by atoms with E-state index in [0.29, 0.717) is 17.2 Å². The molecule has 0 aliphatic rings. The molecule has 12 nitrogen and oxygen atoms in total. The molecular weight excluding hydrogens is 795 g/mol. The van der Waals surface area contributed by atoms with E-state index in [4.69, 9.17) is 28.4 Å². The first kappa shape index (κ1) is 45.6. The second-order valence-electron chi connectivity index (χ2n) is 10.4. The zero-order valence-electron chi connectivity index (χ0n) is 28.7. The van der Waals surface area contributed by atoms with E-state index in [0.717, 1.165) is 14.7 Å². The Morgan fingerprint density at radius 2 is 0.759 bits per heavy atom. The quantitative estimate of drug-likeness (QED) is 0.0565. The van der Waals surface area contributed by atoms with E-state index in [1.165, 1.54) is 18.8 Å². The number of nitrogens with two attached hydrogens (primary N) is 2. The van der Waals surface area contributed by atoms with Crippen molar-refractivity contribution in [3.8, 4) is 17.2 Å². The van der Waals surface area contributed by atoms with Crippen LogP contribution >= 0.6 is 0 Å². The molecule has 3 unspecified atom stereocenters. The summed E-state index contributed by atoms with van der Waals surface area (Å²) < 4.78 is 148. The lowest BCUT2D eigenvalue weighted by Gasteiger charge is -2.29. The van der Waals surface area contributed by atoms with Crippen LogP contribution in [0.25, 0.3) is 0 Å². The third-order valence-electron chi connectivity index (χ3n) is 6.39. The molecule has 0 fully saturated rings. The molecule has 3 aromatic rings. The Labute approximate surface area is 311 Å². The van der Waals surface area contributed by atoms with Crippen LogP contribution in [0.15, 0.2) is 126 Å². The predicted molar refractivity (Wildman–Crippen MR) is 187 cm³/mol. The van der Waals surface area contributed by atoms with E-state index in [1.807, 2.05) is 57.2 Å². The van der Waals surface area contributed by atoms with Crippen molar-refractivity contribution in [2.24, 2.45) is 10.3 Å². The standard InChI is InChI=1S/C30H33O6S.C3H4F6N2O4S2/c1-7-31-22(4)34-25-10-16-28(17-11-25)37(29-18-12-26(13-19-29)35-23(5)32-8-2)30-20-14-27(15-21-30)36-24(6)33-9-3;4-1(5,2(6,7)16(10,12)13)3(8,9)17(11,14)15/h7-24H,1-3H2,4-6H3;(H2,10,12,13)(H2,11,14,15)/q+1;. The number of rotatable bonds is 19. The molecule has 298 valence electrons. The minimum absolute atomic E-state index is 0.397. The lowest BCUT2D eigenvalue weighted by Crippen LogP contribution is -2.63. The van der Waals surface area contributed by atoms with Crippen LogP contribution in [0.3, 0.4) is 0 Å². The summed E-state index contributed by atoms with van der Waals surface area (Å²) in [7, 11) is -13.4.